The molecular formula is C11H17N3O3. The largest absolute Gasteiger partial charge is 0.480 e. The van der Waals surface area contributed by atoms with Crippen molar-refractivity contribution in [1.82, 2.24) is 9.97 Å². The summed E-state index contributed by atoms with van der Waals surface area (Å²) in [6, 6.07) is 0. The predicted molar refractivity (Wildman–Crippen MR) is 63.1 cm³/mol. The minimum Gasteiger partial charge on any atom is -0.480 e. The topological polar surface area (TPSA) is 64.5 Å². The first kappa shape index (κ1) is 13.2. The lowest BCUT2D eigenvalue weighted by atomic mass is 10.3. The van der Waals surface area contributed by atoms with E-state index in [0.29, 0.717) is 31.1 Å². The minimum absolute atomic E-state index is 0.199. The zero-order chi connectivity index (χ0) is 12.7. The summed E-state index contributed by atoms with van der Waals surface area (Å²) < 4.78 is 9.56. The molecule has 6 nitrogen and oxygen atoms in total. The lowest BCUT2D eigenvalue weighted by molar-refractivity contribution is -0.140. The summed E-state index contributed by atoms with van der Waals surface area (Å²) >= 11 is 0. The van der Waals surface area contributed by atoms with Crippen LogP contribution in [0.1, 0.15) is 12.8 Å². The molecular weight excluding hydrogens is 222 g/mol. The number of nitrogens with zero attached hydrogens (tertiary/aromatic N) is 3. The van der Waals surface area contributed by atoms with Gasteiger partial charge in [0.1, 0.15) is 0 Å². The smallest absolute Gasteiger partial charge is 0.305 e. The zero-order valence-electron chi connectivity index (χ0n) is 10.3. The highest BCUT2D eigenvalue weighted by Crippen LogP contribution is 2.12. The van der Waals surface area contributed by atoms with Crippen molar-refractivity contribution in [3.05, 3.63) is 12.4 Å². The fourth-order valence-electron chi connectivity index (χ4n) is 1.30. The second-order valence-electron chi connectivity index (χ2n) is 3.52. The normalized spacial score (nSPS) is 9.82. The van der Waals surface area contributed by atoms with Crippen LogP contribution in [0.15, 0.2) is 12.4 Å². The number of rotatable bonds is 6. The Kier molecular flexibility index (Phi) is 5.19. The van der Waals surface area contributed by atoms with Crippen LogP contribution < -0.4 is 9.64 Å². The molecule has 0 aromatic carbocycles. The van der Waals surface area contributed by atoms with Gasteiger partial charge in [0, 0.05) is 20.0 Å². The van der Waals surface area contributed by atoms with Gasteiger partial charge in [0.2, 0.25) is 5.88 Å². The summed E-state index contributed by atoms with van der Waals surface area (Å²) in [5.74, 6) is 0.992. The molecule has 1 heterocycles. The van der Waals surface area contributed by atoms with Crippen molar-refractivity contribution in [2.24, 2.45) is 0 Å². The Balaban J connectivity index is 2.46. The van der Waals surface area contributed by atoms with Gasteiger partial charge in [-0.2, -0.15) is 4.98 Å². The molecule has 94 valence electrons. The van der Waals surface area contributed by atoms with Crippen molar-refractivity contribution in [3.63, 3.8) is 0 Å². The molecule has 1 aromatic rings. The van der Waals surface area contributed by atoms with Gasteiger partial charge in [0.15, 0.2) is 5.82 Å². The molecule has 1 aromatic heterocycles. The Hall–Kier alpha value is -1.85. The standard InChI is InChI=1S/C11H17N3O3/c1-14(6-4-5-11(15)17-3)9-7-12-8-10(13-9)16-2/h7-8H,4-6H2,1-3H3. The number of carbonyl (C=O) groups is 1. The average Bonchev–Trinajstić information content (AvgIpc) is 2.38. The highest BCUT2D eigenvalue weighted by atomic mass is 16.5. The number of hydrogen-bond acceptors (Lipinski definition) is 6. The van der Waals surface area contributed by atoms with E-state index < -0.39 is 0 Å². The van der Waals surface area contributed by atoms with Gasteiger partial charge in [0.25, 0.3) is 0 Å². The highest BCUT2D eigenvalue weighted by Gasteiger charge is 2.06. The first-order valence-corrected chi connectivity index (χ1v) is 5.31. The summed E-state index contributed by atoms with van der Waals surface area (Å²) in [7, 11) is 4.82. The number of carbonyl (C=O) groups excluding carboxylic acids is 1. The van der Waals surface area contributed by atoms with Crippen molar-refractivity contribution >= 4 is 11.8 Å². The third-order valence-corrected chi connectivity index (χ3v) is 2.30. The Bertz CT molecular complexity index is 371. The van der Waals surface area contributed by atoms with Crippen LogP contribution in [0.5, 0.6) is 5.88 Å². The quantitative estimate of drug-likeness (QED) is 0.686. The lowest BCUT2D eigenvalue weighted by Crippen LogP contribution is -2.21. The molecule has 6 heteroatoms. The van der Waals surface area contributed by atoms with E-state index in [1.807, 2.05) is 11.9 Å². The molecule has 0 atom stereocenters. The maximum Gasteiger partial charge on any atom is 0.305 e. The SMILES string of the molecule is COC(=O)CCCN(C)c1cncc(OC)n1. The molecule has 0 bridgehead atoms. The van der Waals surface area contributed by atoms with Gasteiger partial charge >= 0.3 is 5.97 Å². The first-order valence-electron chi connectivity index (χ1n) is 5.31. The fourth-order valence-corrected chi connectivity index (χ4v) is 1.30. The third kappa shape index (κ3) is 4.26. The molecule has 0 fully saturated rings. The highest BCUT2D eigenvalue weighted by molar-refractivity contribution is 5.69. The summed E-state index contributed by atoms with van der Waals surface area (Å²) in [5.41, 5.74) is 0. The van der Waals surface area contributed by atoms with Crippen molar-refractivity contribution in [1.29, 1.82) is 0 Å². The summed E-state index contributed by atoms with van der Waals surface area (Å²) in [6.07, 6.45) is 4.31. The summed E-state index contributed by atoms with van der Waals surface area (Å²) in [6.45, 7) is 0.705. The zero-order valence-corrected chi connectivity index (χ0v) is 10.3. The molecule has 0 amide bonds. The van der Waals surface area contributed by atoms with E-state index in [1.54, 1.807) is 19.5 Å². The van der Waals surface area contributed by atoms with E-state index in [0.717, 1.165) is 0 Å². The number of methoxy groups -OCH3 is 2. The van der Waals surface area contributed by atoms with E-state index >= 15 is 0 Å². The summed E-state index contributed by atoms with van der Waals surface area (Å²) in [5, 5.41) is 0. The van der Waals surface area contributed by atoms with Gasteiger partial charge < -0.3 is 14.4 Å². The first-order chi connectivity index (χ1) is 8.17. The minimum atomic E-state index is -0.199. The summed E-state index contributed by atoms with van der Waals surface area (Å²) in [4.78, 5) is 21.1. The van der Waals surface area contributed by atoms with Crippen molar-refractivity contribution in [2.75, 3.05) is 32.7 Å². The van der Waals surface area contributed by atoms with Gasteiger partial charge in [-0.15, -0.1) is 0 Å². The molecule has 0 aliphatic rings. The lowest BCUT2D eigenvalue weighted by Gasteiger charge is -2.17. The molecule has 17 heavy (non-hydrogen) atoms. The molecule has 0 N–H and O–H groups in total. The molecule has 0 saturated carbocycles. The van der Waals surface area contributed by atoms with Crippen LogP contribution >= 0.6 is 0 Å². The molecule has 0 unspecified atom stereocenters. The Morgan fingerprint density at radius 2 is 2.18 bits per heavy atom. The van der Waals surface area contributed by atoms with Crippen molar-refractivity contribution < 1.29 is 14.3 Å². The van der Waals surface area contributed by atoms with Crippen molar-refractivity contribution in [2.45, 2.75) is 12.8 Å². The molecule has 0 aliphatic heterocycles. The number of anilines is 1. The second-order valence-corrected chi connectivity index (χ2v) is 3.52. The van der Waals surface area contributed by atoms with E-state index in [4.69, 9.17) is 4.74 Å². The van der Waals surface area contributed by atoms with Gasteiger partial charge in [-0.3, -0.25) is 9.78 Å². The van der Waals surface area contributed by atoms with Crippen LogP contribution in [-0.2, 0) is 9.53 Å². The molecule has 0 saturated heterocycles. The van der Waals surface area contributed by atoms with Crippen LogP contribution in [0.25, 0.3) is 0 Å². The van der Waals surface area contributed by atoms with E-state index in [2.05, 4.69) is 14.7 Å². The maximum atomic E-state index is 10.9. The number of hydrogen-bond donors (Lipinski definition) is 0. The van der Waals surface area contributed by atoms with Crippen LogP contribution in [0.4, 0.5) is 5.82 Å². The monoisotopic (exact) mass is 239 g/mol. The Morgan fingerprint density at radius 1 is 1.41 bits per heavy atom. The van der Waals surface area contributed by atoms with Gasteiger partial charge in [0.05, 0.1) is 26.6 Å². The predicted octanol–water partition coefficient (Wildman–Crippen LogP) is 0.875. The van der Waals surface area contributed by atoms with Crippen LogP contribution in [0.3, 0.4) is 0 Å². The molecule has 0 radical (unpaired) electrons. The maximum absolute atomic E-state index is 10.9. The van der Waals surface area contributed by atoms with E-state index in [-0.39, 0.29) is 5.97 Å². The molecule has 0 aliphatic carbocycles. The van der Waals surface area contributed by atoms with Crippen LogP contribution in [-0.4, -0.2) is 43.7 Å². The average molecular weight is 239 g/mol. The number of ether oxygens (including phenoxy) is 2. The van der Waals surface area contributed by atoms with E-state index in [1.165, 1.54) is 7.11 Å². The number of esters is 1. The van der Waals surface area contributed by atoms with Crippen LogP contribution in [0.2, 0.25) is 0 Å². The van der Waals surface area contributed by atoms with Gasteiger partial charge in [-0.1, -0.05) is 0 Å². The fraction of sp³-hybridized carbons (Fsp3) is 0.545. The van der Waals surface area contributed by atoms with Gasteiger partial charge in [-0.25, -0.2) is 0 Å². The molecule has 1 rings (SSSR count). The van der Waals surface area contributed by atoms with Gasteiger partial charge in [-0.05, 0) is 6.42 Å². The second kappa shape index (κ2) is 6.67. The van der Waals surface area contributed by atoms with Crippen molar-refractivity contribution in [3.8, 4) is 5.88 Å². The van der Waals surface area contributed by atoms with E-state index in [9.17, 15) is 4.79 Å². The Morgan fingerprint density at radius 3 is 2.82 bits per heavy atom. The third-order valence-electron chi connectivity index (χ3n) is 2.30. The number of aromatic nitrogens is 2. The molecule has 0 spiro atoms. The van der Waals surface area contributed by atoms with Crippen LogP contribution in [0, 0.1) is 0 Å². The Labute approximate surface area is 101 Å².